The predicted octanol–water partition coefficient (Wildman–Crippen LogP) is 2.88. The molecule has 6 heteroatoms. The van der Waals surface area contributed by atoms with Gasteiger partial charge < -0.3 is 19.7 Å². The molecule has 1 saturated carbocycles. The fraction of sp³-hybridized carbons (Fsp3) is 0.611. The second kappa shape index (κ2) is 11.7. The Balaban J connectivity index is 0.00000288. The van der Waals surface area contributed by atoms with Crippen molar-refractivity contribution in [3.8, 4) is 0 Å². The van der Waals surface area contributed by atoms with Crippen LogP contribution in [-0.2, 0) is 22.6 Å². The number of ether oxygens (including phenoxy) is 2. The number of likely N-dealkylation sites (N-methyl/N-ethyl adjacent to an activating group) is 1. The second-order valence-electron chi connectivity index (χ2n) is 6.09. The van der Waals surface area contributed by atoms with Crippen molar-refractivity contribution in [2.75, 3.05) is 41.0 Å². The number of hydrogen-bond donors (Lipinski definition) is 1. The first-order valence-corrected chi connectivity index (χ1v) is 8.29. The van der Waals surface area contributed by atoms with Crippen LogP contribution in [0.15, 0.2) is 29.3 Å². The zero-order valence-electron chi connectivity index (χ0n) is 15.0. The van der Waals surface area contributed by atoms with Crippen LogP contribution < -0.4 is 5.32 Å². The monoisotopic (exact) mass is 447 g/mol. The summed E-state index contributed by atoms with van der Waals surface area (Å²) in [5.41, 5.74) is 2.41. The molecule has 1 aromatic carbocycles. The van der Waals surface area contributed by atoms with Crippen molar-refractivity contribution >= 4 is 29.9 Å². The second-order valence-corrected chi connectivity index (χ2v) is 6.09. The number of rotatable bonds is 9. The van der Waals surface area contributed by atoms with Crippen LogP contribution in [0.25, 0.3) is 0 Å². The van der Waals surface area contributed by atoms with Crippen LogP contribution in [0.2, 0.25) is 0 Å². The Labute approximate surface area is 162 Å². The molecule has 5 nitrogen and oxygen atoms in total. The van der Waals surface area contributed by atoms with Gasteiger partial charge in [-0.25, -0.2) is 0 Å². The summed E-state index contributed by atoms with van der Waals surface area (Å²) in [5.74, 6) is 1.71. The maximum atomic E-state index is 5.69. The van der Waals surface area contributed by atoms with E-state index in [-0.39, 0.29) is 24.0 Å². The number of aliphatic imine (C=N–C) groups is 1. The van der Waals surface area contributed by atoms with Gasteiger partial charge in [-0.3, -0.25) is 4.99 Å². The Morgan fingerprint density at radius 3 is 2.50 bits per heavy atom. The Kier molecular flexibility index (Phi) is 10.3. The number of nitrogens with one attached hydrogen (secondary N) is 1. The van der Waals surface area contributed by atoms with Crippen LogP contribution >= 0.6 is 24.0 Å². The smallest absolute Gasteiger partial charge is 0.193 e. The molecule has 0 aromatic heterocycles. The number of halogens is 1. The molecular formula is C18H30IN3O2. The van der Waals surface area contributed by atoms with E-state index in [9.17, 15) is 0 Å². The van der Waals surface area contributed by atoms with Gasteiger partial charge in [-0.05, 0) is 29.9 Å². The quantitative estimate of drug-likeness (QED) is 0.274. The number of guanidine groups is 1. The highest BCUT2D eigenvalue weighted by molar-refractivity contribution is 14.0. The first kappa shape index (κ1) is 21.2. The van der Waals surface area contributed by atoms with Crippen molar-refractivity contribution in [3.63, 3.8) is 0 Å². The van der Waals surface area contributed by atoms with E-state index in [1.165, 1.54) is 24.0 Å². The first-order chi connectivity index (χ1) is 11.2. The minimum absolute atomic E-state index is 0. The van der Waals surface area contributed by atoms with Crippen molar-refractivity contribution in [2.45, 2.75) is 26.0 Å². The third kappa shape index (κ3) is 7.81. The third-order valence-corrected chi connectivity index (χ3v) is 3.98. The van der Waals surface area contributed by atoms with Crippen LogP contribution in [0.3, 0.4) is 0 Å². The molecule has 0 saturated heterocycles. The van der Waals surface area contributed by atoms with Gasteiger partial charge in [0.2, 0.25) is 0 Å². The molecule has 0 amide bonds. The van der Waals surface area contributed by atoms with Crippen molar-refractivity contribution < 1.29 is 9.47 Å². The molecule has 1 fully saturated rings. The van der Waals surface area contributed by atoms with Crippen LogP contribution in [0, 0.1) is 5.92 Å². The van der Waals surface area contributed by atoms with E-state index < -0.39 is 0 Å². The van der Waals surface area contributed by atoms with Crippen molar-refractivity contribution in [3.05, 3.63) is 35.4 Å². The summed E-state index contributed by atoms with van der Waals surface area (Å²) in [6.07, 6.45) is 2.67. The molecule has 0 unspecified atom stereocenters. The summed E-state index contributed by atoms with van der Waals surface area (Å²) >= 11 is 0. The molecular weight excluding hydrogens is 417 g/mol. The average Bonchev–Trinajstić information content (AvgIpc) is 3.38. The molecule has 24 heavy (non-hydrogen) atoms. The summed E-state index contributed by atoms with van der Waals surface area (Å²) in [5, 5.41) is 3.39. The average molecular weight is 447 g/mol. The summed E-state index contributed by atoms with van der Waals surface area (Å²) < 4.78 is 10.8. The summed E-state index contributed by atoms with van der Waals surface area (Å²) in [6, 6.07) is 8.43. The lowest BCUT2D eigenvalue weighted by Crippen LogP contribution is -2.40. The number of hydrogen-bond acceptors (Lipinski definition) is 3. The van der Waals surface area contributed by atoms with Gasteiger partial charge in [-0.1, -0.05) is 24.3 Å². The van der Waals surface area contributed by atoms with E-state index in [0.29, 0.717) is 6.61 Å². The molecule has 2 rings (SSSR count). The van der Waals surface area contributed by atoms with E-state index in [4.69, 9.17) is 9.47 Å². The molecule has 1 aliphatic rings. The van der Waals surface area contributed by atoms with Crippen LogP contribution in [0.1, 0.15) is 24.0 Å². The van der Waals surface area contributed by atoms with Gasteiger partial charge in [-0.2, -0.15) is 0 Å². The SMILES string of the molecule is CN=C(NCc1ccc(COC)cc1)N(C)CCOCC1CC1.I. The molecule has 0 aliphatic heterocycles. The van der Waals surface area contributed by atoms with E-state index in [1.807, 2.05) is 14.1 Å². The van der Waals surface area contributed by atoms with Crippen LogP contribution in [0.4, 0.5) is 0 Å². The highest BCUT2D eigenvalue weighted by Gasteiger charge is 2.21. The lowest BCUT2D eigenvalue weighted by atomic mass is 10.1. The Hall–Kier alpha value is -0.860. The Bertz CT molecular complexity index is 490. The molecule has 0 radical (unpaired) electrons. The van der Waals surface area contributed by atoms with Crippen molar-refractivity contribution in [2.24, 2.45) is 10.9 Å². The fourth-order valence-corrected chi connectivity index (χ4v) is 2.33. The normalized spacial score (nSPS) is 14.2. The predicted molar refractivity (Wildman–Crippen MR) is 109 cm³/mol. The van der Waals surface area contributed by atoms with Gasteiger partial charge in [0.05, 0.1) is 13.2 Å². The lowest BCUT2D eigenvalue weighted by molar-refractivity contribution is 0.115. The standard InChI is InChI=1S/C18H29N3O2.HI/c1-19-18(21(2)10-11-23-14-17-8-9-17)20-12-15-4-6-16(7-5-15)13-22-3;/h4-7,17H,8-14H2,1-3H3,(H,19,20);1H. The maximum Gasteiger partial charge on any atom is 0.193 e. The third-order valence-electron chi connectivity index (χ3n) is 3.98. The highest BCUT2D eigenvalue weighted by Crippen LogP contribution is 2.28. The molecule has 136 valence electrons. The molecule has 0 spiro atoms. The van der Waals surface area contributed by atoms with Gasteiger partial charge in [0.25, 0.3) is 0 Å². The highest BCUT2D eigenvalue weighted by atomic mass is 127. The topological polar surface area (TPSA) is 46.1 Å². The zero-order valence-corrected chi connectivity index (χ0v) is 17.3. The maximum absolute atomic E-state index is 5.69. The van der Waals surface area contributed by atoms with E-state index in [1.54, 1.807) is 7.11 Å². The number of methoxy groups -OCH3 is 1. The van der Waals surface area contributed by atoms with Gasteiger partial charge in [-0.15, -0.1) is 24.0 Å². The zero-order chi connectivity index (χ0) is 16.5. The minimum atomic E-state index is 0. The lowest BCUT2D eigenvalue weighted by Gasteiger charge is -2.22. The first-order valence-electron chi connectivity index (χ1n) is 8.29. The van der Waals surface area contributed by atoms with Gasteiger partial charge in [0.15, 0.2) is 5.96 Å². The van der Waals surface area contributed by atoms with Gasteiger partial charge in [0.1, 0.15) is 0 Å². The fourth-order valence-electron chi connectivity index (χ4n) is 2.33. The van der Waals surface area contributed by atoms with Crippen LogP contribution in [0.5, 0.6) is 0 Å². The molecule has 1 N–H and O–H groups in total. The molecule has 0 atom stereocenters. The number of benzene rings is 1. The molecule has 0 bridgehead atoms. The molecule has 1 aliphatic carbocycles. The molecule has 1 aromatic rings. The summed E-state index contributed by atoms with van der Waals surface area (Å²) in [7, 11) is 5.56. The minimum Gasteiger partial charge on any atom is -0.380 e. The largest absolute Gasteiger partial charge is 0.380 e. The van der Waals surface area contributed by atoms with Crippen molar-refractivity contribution in [1.29, 1.82) is 0 Å². The van der Waals surface area contributed by atoms with Crippen molar-refractivity contribution in [1.82, 2.24) is 10.2 Å². The Morgan fingerprint density at radius 1 is 1.25 bits per heavy atom. The van der Waals surface area contributed by atoms with Gasteiger partial charge in [0, 0.05) is 40.9 Å². The molecule has 0 heterocycles. The van der Waals surface area contributed by atoms with Gasteiger partial charge >= 0.3 is 0 Å². The van der Waals surface area contributed by atoms with E-state index in [2.05, 4.69) is 39.5 Å². The van der Waals surface area contributed by atoms with E-state index in [0.717, 1.165) is 38.2 Å². The Morgan fingerprint density at radius 2 is 1.92 bits per heavy atom. The summed E-state index contributed by atoms with van der Waals surface area (Å²) in [4.78, 5) is 6.44. The number of nitrogens with zero attached hydrogens (tertiary/aromatic N) is 2. The van der Waals surface area contributed by atoms with Crippen LogP contribution in [-0.4, -0.2) is 51.8 Å². The summed E-state index contributed by atoms with van der Waals surface area (Å²) in [6.45, 7) is 3.92. The van der Waals surface area contributed by atoms with E-state index >= 15 is 0 Å².